The zero-order chi connectivity index (χ0) is 19.3. The van der Waals surface area contributed by atoms with E-state index >= 15 is 0 Å². The first kappa shape index (κ1) is 18.1. The third kappa shape index (κ3) is 4.02. The lowest BCUT2D eigenvalue weighted by Crippen LogP contribution is -2.00. The van der Waals surface area contributed by atoms with E-state index in [1.807, 2.05) is 60.7 Å². The Labute approximate surface area is 168 Å². The molecule has 1 heterocycles. The molecule has 1 aromatic heterocycles. The number of aryl methyl sites for hydroxylation is 1. The van der Waals surface area contributed by atoms with Gasteiger partial charge in [-0.1, -0.05) is 73.1 Å². The van der Waals surface area contributed by atoms with E-state index in [0.29, 0.717) is 11.0 Å². The van der Waals surface area contributed by atoms with Gasteiger partial charge in [0, 0.05) is 16.0 Å². The summed E-state index contributed by atoms with van der Waals surface area (Å²) in [6.45, 7) is 2.14. The molecule has 0 aliphatic carbocycles. The summed E-state index contributed by atoms with van der Waals surface area (Å²) in [5, 5.41) is 5.86. The molecule has 28 heavy (non-hydrogen) atoms. The molecule has 3 aromatic carbocycles. The Morgan fingerprint density at radius 3 is 2.50 bits per heavy atom. The highest BCUT2D eigenvalue weighted by atomic mass is 35.5. The largest absolute Gasteiger partial charge is 0.245 e. The normalized spacial score (nSPS) is 11.2. The highest BCUT2D eigenvalue weighted by molar-refractivity contribution is 6.31. The summed E-state index contributed by atoms with van der Waals surface area (Å²) in [4.78, 5) is 9.24. The van der Waals surface area contributed by atoms with Gasteiger partial charge in [-0.15, -0.1) is 0 Å². The molecule has 0 amide bonds. The van der Waals surface area contributed by atoms with E-state index in [9.17, 15) is 0 Å². The molecular weight excluding hydrogens is 368 g/mol. The average Bonchev–Trinajstić information content (AvgIpc) is 2.74. The lowest BCUT2D eigenvalue weighted by atomic mass is 10.1. The maximum atomic E-state index is 6.20. The van der Waals surface area contributed by atoms with Gasteiger partial charge in [-0.3, -0.25) is 0 Å². The molecular formula is C23H19ClN4. The van der Waals surface area contributed by atoms with Crippen molar-refractivity contribution < 1.29 is 0 Å². The number of fused-ring (bicyclic) bond motifs is 1. The summed E-state index contributed by atoms with van der Waals surface area (Å²) in [6.07, 6.45) is 2.78. The minimum Gasteiger partial charge on any atom is -0.245 e. The van der Waals surface area contributed by atoms with Crippen LogP contribution in [0.1, 0.15) is 18.1 Å². The second-order valence-corrected chi connectivity index (χ2v) is 6.82. The average molecular weight is 387 g/mol. The van der Waals surface area contributed by atoms with Crippen molar-refractivity contribution in [3.8, 4) is 11.3 Å². The Bertz CT molecular complexity index is 1120. The maximum Gasteiger partial charge on any atom is 0.244 e. The fourth-order valence-electron chi connectivity index (χ4n) is 2.97. The summed E-state index contributed by atoms with van der Waals surface area (Å²) >= 11 is 6.20. The number of halogens is 1. The van der Waals surface area contributed by atoms with Crippen LogP contribution in [0.3, 0.4) is 0 Å². The number of hydrogen-bond acceptors (Lipinski definition) is 4. The molecule has 138 valence electrons. The molecule has 0 radical (unpaired) electrons. The molecule has 1 N–H and O–H groups in total. The first-order chi connectivity index (χ1) is 13.7. The first-order valence-electron chi connectivity index (χ1n) is 9.13. The van der Waals surface area contributed by atoms with Crippen LogP contribution in [0.2, 0.25) is 5.02 Å². The van der Waals surface area contributed by atoms with Gasteiger partial charge < -0.3 is 0 Å². The van der Waals surface area contributed by atoms with Gasteiger partial charge in [0.1, 0.15) is 0 Å². The molecule has 4 aromatic rings. The molecule has 0 bridgehead atoms. The number of hydrazone groups is 1. The molecule has 0 saturated carbocycles. The summed E-state index contributed by atoms with van der Waals surface area (Å²) in [6, 6.07) is 23.9. The Balaban J connectivity index is 1.67. The third-order valence-electron chi connectivity index (χ3n) is 4.47. The standard InChI is InChI=1S/C23H19ClN4/c1-2-16-8-10-17(11-9-16)15-25-28-23-26-21-13-12-19(24)14-20(21)22(27-23)18-6-4-3-5-7-18/h3-15H,2H2,1H3,(H,26,27,28). The molecule has 0 atom stereocenters. The van der Waals surface area contributed by atoms with Gasteiger partial charge in [-0.2, -0.15) is 5.10 Å². The molecule has 0 aliphatic rings. The second-order valence-electron chi connectivity index (χ2n) is 6.39. The van der Waals surface area contributed by atoms with Crippen molar-refractivity contribution in [1.29, 1.82) is 0 Å². The summed E-state index contributed by atoms with van der Waals surface area (Å²) < 4.78 is 0. The molecule has 0 saturated heterocycles. The van der Waals surface area contributed by atoms with Crippen LogP contribution in [0.4, 0.5) is 5.95 Å². The van der Waals surface area contributed by atoms with Crippen LogP contribution in [0.15, 0.2) is 77.9 Å². The van der Waals surface area contributed by atoms with Crippen LogP contribution in [-0.4, -0.2) is 16.2 Å². The zero-order valence-corrected chi connectivity index (χ0v) is 16.2. The van der Waals surface area contributed by atoms with Gasteiger partial charge >= 0.3 is 0 Å². The van der Waals surface area contributed by atoms with Gasteiger partial charge in [0.25, 0.3) is 0 Å². The number of aromatic nitrogens is 2. The number of hydrogen-bond donors (Lipinski definition) is 1. The lowest BCUT2D eigenvalue weighted by Gasteiger charge is -2.09. The van der Waals surface area contributed by atoms with Crippen LogP contribution in [0.5, 0.6) is 0 Å². The molecule has 5 heteroatoms. The smallest absolute Gasteiger partial charge is 0.244 e. The van der Waals surface area contributed by atoms with Crippen LogP contribution in [-0.2, 0) is 6.42 Å². The quantitative estimate of drug-likeness (QED) is 0.340. The van der Waals surface area contributed by atoms with E-state index in [1.165, 1.54) is 5.56 Å². The zero-order valence-electron chi connectivity index (χ0n) is 15.4. The van der Waals surface area contributed by atoms with Crippen molar-refractivity contribution >= 4 is 34.7 Å². The summed E-state index contributed by atoms with van der Waals surface area (Å²) in [5.41, 5.74) is 7.89. The van der Waals surface area contributed by atoms with Crippen molar-refractivity contribution in [2.24, 2.45) is 5.10 Å². The molecule has 4 nitrogen and oxygen atoms in total. The predicted octanol–water partition coefficient (Wildman–Crippen LogP) is 5.96. The molecule has 0 fully saturated rings. The topological polar surface area (TPSA) is 50.2 Å². The van der Waals surface area contributed by atoms with Gasteiger partial charge in [0.15, 0.2) is 0 Å². The molecule has 0 spiro atoms. The van der Waals surface area contributed by atoms with E-state index in [-0.39, 0.29) is 0 Å². The van der Waals surface area contributed by atoms with Crippen molar-refractivity contribution in [3.63, 3.8) is 0 Å². The predicted molar refractivity (Wildman–Crippen MR) is 117 cm³/mol. The van der Waals surface area contributed by atoms with E-state index in [0.717, 1.165) is 34.1 Å². The first-order valence-corrected chi connectivity index (χ1v) is 9.51. The van der Waals surface area contributed by atoms with Crippen molar-refractivity contribution in [2.45, 2.75) is 13.3 Å². The maximum absolute atomic E-state index is 6.20. The fraction of sp³-hybridized carbons (Fsp3) is 0.0870. The highest BCUT2D eigenvalue weighted by Gasteiger charge is 2.10. The van der Waals surface area contributed by atoms with Gasteiger partial charge in [0.05, 0.1) is 17.4 Å². The molecule has 0 unspecified atom stereocenters. The second kappa shape index (κ2) is 8.19. The van der Waals surface area contributed by atoms with E-state index in [4.69, 9.17) is 11.6 Å². The van der Waals surface area contributed by atoms with E-state index < -0.39 is 0 Å². The minimum absolute atomic E-state index is 0.440. The number of nitrogens with one attached hydrogen (secondary N) is 1. The number of rotatable bonds is 5. The van der Waals surface area contributed by atoms with E-state index in [1.54, 1.807) is 6.21 Å². The number of nitrogens with zero attached hydrogens (tertiary/aromatic N) is 3. The van der Waals surface area contributed by atoms with Crippen LogP contribution >= 0.6 is 11.6 Å². The van der Waals surface area contributed by atoms with Gasteiger partial charge in [-0.05, 0) is 35.7 Å². The van der Waals surface area contributed by atoms with Crippen molar-refractivity contribution in [3.05, 3.63) is 88.9 Å². The number of anilines is 1. The SMILES string of the molecule is CCc1ccc(C=NNc2nc(-c3ccccc3)c3cc(Cl)ccc3n2)cc1. The minimum atomic E-state index is 0.440. The Morgan fingerprint density at radius 1 is 0.964 bits per heavy atom. The summed E-state index contributed by atoms with van der Waals surface area (Å²) in [5.74, 6) is 0.440. The molecule has 0 aliphatic heterocycles. The van der Waals surface area contributed by atoms with Gasteiger partial charge in [-0.25, -0.2) is 15.4 Å². The highest BCUT2D eigenvalue weighted by Crippen LogP contribution is 2.29. The van der Waals surface area contributed by atoms with Crippen molar-refractivity contribution in [2.75, 3.05) is 5.43 Å². The Morgan fingerprint density at radius 2 is 1.75 bits per heavy atom. The lowest BCUT2D eigenvalue weighted by molar-refractivity contribution is 1.14. The van der Waals surface area contributed by atoms with E-state index in [2.05, 4.69) is 39.6 Å². The van der Waals surface area contributed by atoms with Crippen LogP contribution in [0.25, 0.3) is 22.2 Å². The third-order valence-corrected chi connectivity index (χ3v) is 4.71. The number of benzene rings is 3. The summed E-state index contributed by atoms with van der Waals surface area (Å²) in [7, 11) is 0. The van der Waals surface area contributed by atoms with Gasteiger partial charge in [0.2, 0.25) is 5.95 Å². The van der Waals surface area contributed by atoms with Crippen LogP contribution < -0.4 is 5.43 Å². The Hall–Kier alpha value is -3.24. The molecule has 4 rings (SSSR count). The monoisotopic (exact) mass is 386 g/mol. The fourth-order valence-corrected chi connectivity index (χ4v) is 3.14. The van der Waals surface area contributed by atoms with Crippen LogP contribution in [0, 0.1) is 0 Å². The Kier molecular flexibility index (Phi) is 5.31. The van der Waals surface area contributed by atoms with Crippen molar-refractivity contribution in [1.82, 2.24) is 9.97 Å².